The molecule has 0 radical (unpaired) electrons. The van der Waals surface area contributed by atoms with E-state index in [-0.39, 0.29) is 0 Å². The first-order valence-corrected chi connectivity index (χ1v) is 9.65. The summed E-state index contributed by atoms with van der Waals surface area (Å²) in [7, 11) is 0. The first-order valence-electron chi connectivity index (χ1n) is 4.06. The van der Waals surface area contributed by atoms with E-state index >= 15 is 0 Å². The molecule has 0 aliphatic heterocycles. The Morgan fingerprint density at radius 2 is 1.19 bits per heavy atom. The molecule has 2 rings (SSSR count). The van der Waals surface area contributed by atoms with Crippen LogP contribution in [0, 0.1) is 4.89 Å². The van der Waals surface area contributed by atoms with Crippen molar-refractivity contribution in [1.29, 1.82) is 0 Å². The molecule has 0 saturated heterocycles. The average molecular weight is 570 g/mol. The van der Waals surface area contributed by atoms with Gasteiger partial charge in [-0.3, -0.25) is 0 Å². The number of hydrogen-bond donors (Lipinski definition) is 0. The predicted molar refractivity (Wildman–Crippen MR) is 83.0 cm³/mol. The molecule has 0 aromatic carbocycles. The second-order valence-corrected chi connectivity index (χ2v) is 12.8. The number of carbonyl (C=O) groups is 2. The van der Waals surface area contributed by atoms with Crippen molar-refractivity contribution in [2.75, 3.05) is 0 Å². The Morgan fingerprint density at radius 3 is 1.31 bits per heavy atom. The normalized spacial score (nSPS) is 9.12. The number of halogens is 2. The third-order valence-electron chi connectivity index (χ3n) is 1.42. The Morgan fingerprint density at radius 1 is 0.812 bits per heavy atom. The molecule has 0 aliphatic carbocycles. The molecular formula is C10H6I2O2Se2. The number of rotatable bonds is 2. The number of aldehydes is 2. The van der Waals surface area contributed by atoms with Gasteiger partial charge in [-0.2, -0.15) is 0 Å². The Bertz CT molecular complexity index is 432. The van der Waals surface area contributed by atoms with Crippen LogP contribution in [0.4, 0.5) is 0 Å². The van der Waals surface area contributed by atoms with Gasteiger partial charge in [0.25, 0.3) is 0 Å². The zero-order chi connectivity index (χ0) is 12.0. The molecule has 6 heteroatoms. The molecule has 0 aliphatic rings. The van der Waals surface area contributed by atoms with Gasteiger partial charge in [0.2, 0.25) is 0 Å². The fraction of sp³-hybridized carbons (Fsp3) is 0. The SMILES string of the molecule is O=Cc1ccc(I)[se]1.O=Cc1ccc(I)[se]1. The maximum atomic E-state index is 10.1. The van der Waals surface area contributed by atoms with Gasteiger partial charge in [0.1, 0.15) is 0 Å². The first kappa shape index (κ1) is 14.9. The van der Waals surface area contributed by atoms with Crippen molar-refractivity contribution in [1.82, 2.24) is 0 Å². The Kier molecular flexibility index (Phi) is 7.43. The second-order valence-electron chi connectivity index (χ2n) is 2.52. The molecule has 2 aromatic rings. The van der Waals surface area contributed by atoms with Crippen molar-refractivity contribution in [3.8, 4) is 0 Å². The van der Waals surface area contributed by atoms with Gasteiger partial charge in [-0.15, -0.1) is 0 Å². The van der Waals surface area contributed by atoms with E-state index in [1.807, 2.05) is 24.3 Å². The molecule has 0 unspecified atom stereocenters. The summed E-state index contributed by atoms with van der Waals surface area (Å²) in [5, 5.41) is 0. The molecular weight excluding hydrogens is 564 g/mol. The van der Waals surface area contributed by atoms with Crippen LogP contribution in [-0.2, 0) is 0 Å². The third-order valence-corrected chi connectivity index (χ3v) is 7.78. The maximum absolute atomic E-state index is 10.1. The molecule has 0 N–H and O–H groups in total. The van der Waals surface area contributed by atoms with Gasteiger partial charge in [0, 0.05) is 0 Å². The molecule has 84 valence electrons. The van der Waals surface area contributed by atoms with E-state index in [1.165, 1.54) is 4.89 Å². The average Bonchev–Trinajstić information content (AvgIpc) is 2.88. The molecule has 2 aromatic heterocycles. The van der Waals surface area contributed by atoms with Gasteiger partial charge in [0.15, 0.2) is 0 Å². The summed E-state index contributed by atoms with van der Waals surface area (Å²) in [5.74, 6) is 0. The van der Waals surface area contributed by atoms with Gasteiger partial charge in [-0.05, 0) is 0 Å². The molecule has 0 spiro atoms. The van der Waals surface area contributed by atoms with Crippen LogP contribution in [0.25, 0.3) is 0 Å². The molecule has 0 bridgehead atoms. The van der Waals surface area contributed by atoms with Crippen LogP contribution in [-0.4, -0.2) is 41.6 Å². The van der Waals surface area contributed by atoms with E-state index in [1.54, 1.807) is 0 Å². The number of carbonyl (C=O) groups excluding carboxylic acids is 2. The summed E-state index contributed by atoms with van der Waals surface area (Å²) in [6.07, 6.45) is 1.87. The number of hydrogen-bond acceptors (Lipinski definition) is 2. The fourth-order valence-electron chi connectivity index (χ4n) is 0.783. The summed E-state index contributed by atoms with van der Waals surface area (Å²) in [5.41, 5.74) is 0. The molecule has 0 fully saturated rings. The molecule has 0 atom stereocenters. The van der Waals surface area contributed by atoms with Crippen LogP contribution in [0.15, 0.2) is 24.3 Å². The van der Waals surface area contributed by atoms with Crippen LogP contribution >= 0.6 is 45.2 Å². The molecule has 16 heavy (non-hydrogen) atoms. The molecule has 0 saturated carbocycles. The van der Waals surface area contributed by atoms with Gasteiger partial charge < -0.3 is 0 Å². The summed E-state index contributed by atoms with van der Waals surface area (Å²) in [6, 6.07) is 7.75. The van der Waals surface area contributed by atoms with E-state index in [2.05, 4.69) is 45.2 Å². The minimum absolute atomic E-state index is 0.336. The minimum atomic E-state index is 0.336. The van der Waals surface area contributed by atoms with Crippen LogP contribution in [0.5, 0.6) is 0 Å². The van der Waals surface area contributed by atoms with Crippen molar-refractivity contribution >= 4 is 86.8 Å². The van der Waals surface area contributed by atoms with Gasteiger partial charge >= 0.3 is 134 Å². The van der Waals surface area contributed by atoms with Crippen molar-refractivity contribution in [2.24, 2.45) is 0 Å². The standard InChI is InChI=1S/2C5H3IOSe/c2*6-5-2-1-4(3-7)8-5/h2*1-3H. The van der Waals surface area contributed by atoms with Crippen LogP contribution < -0.4 is 0 Å². The Balaban J connectivity index is 0.000000160. The van der Waals surface area contributed by atoms with E-state index in [9.17, 15) is 9.59 Å². The van der Waals surface area contributed by atoms with Crippen LogP contribution in [0.3, 0.4) is 0 Å². The van der Waals surface area contributed by atoms with Crippen molar-refractivity contribution in [3.63, 3.8) is 0 Å². The summed E-state index contributed by atoms with van der Waals surface area (Å²) in [6.45, 7) is 0. The summed E-state index contributed by atoms with van der Waals surface area (Å²) in [4.78, 5) is 20.1. The second kappa shape index (κ2) is 8.00. The van der Waals surface area contributed by atoms with Crippen molar-refractivity contribution < 1.29 is 9.59 Å². The topological polar surface area (TPSA) is 34.1 Å². The van der Waals surface area contributed by atoms with Crippen molar-refractivity contribution in [3.05, 3.63) is 38.0 Å². The van der Waals surface area contributed by atoms with Crippen LogP contribution in [0.1, 0.15) is 18.5 Å². The van der Waals surface area contributed by atoms with Gasteiger partial charge in [-0.25, -0.2) is 0 Å². The van der Waals surface area contributed by atoms with Gasteiger partial charge in [-0.1, -0.05) is 0 Å². The fourth-order valence-corrected chi connectivity index (χ4v) is 6.07. The summed E-state index contributed by atoms with van der Waals surface area (Å²) >= 11 is 5.17. The molecule has 0 amide bonds. The van der Waals surface area contributed by atoms with Gasteiger partial charge in [0.05, 0.1) is 0 Å². The zero-order valence-corrected chi connectivity index (χ0v) is 15.6. The molecule has 2 nitrogen and oxygen atoms in total. The van der Waals surface area contributed by atoms with Crippen LogP contribution in [0.2, 0.25) is 0 Å². The monoisotopic (exact) mass is 572 g/mol. The van der Waals surface area contributed by atoms with E-state index in [0.29, 0.717) is 29.0 Å². The molecule has 2 heterocycles. The van der Waals surface area contributed by atoms with E-state index < -0.39 is 0 Å². The quantitative estimate of drug-likeness (QED) is 0.316. The first-order chi connectivity index (χ1) is 7.65. The summed E-state index contributed by atoms with van der Waals surface area (Å²) < 4.78 is 4.50. The predicted octanol–water partition coefficient (Wildman–Crippen LogP) is 2.32. The van der Waals surface area contributed by atoms with Crippen molar-refractivity contribution in [2.45, 2.75) is 0 Å². The van der Waals surface area contributed by atoms with E-state index in [4.69, 9.17) is 0 Å². The Labute approximate surface area is 133 Å². The Hall–Kier alpha value is 0.799. The zero-order valence-electron chi connectivity index (χ0n) is 7.85. The third kappa shape index (κ3) is 5.42. The van der Waals surface area contributed by atoms with E-state index in [0.717, 1.165) is 21.4 Å².